The van der Waals surface area contributed by atoms with Crippen molar-refractivity contribution >= 4 is 31.6 Å². The van der Waals surface area contributed by atoms with Crippen LogP contribution < -0.4 is 4.72 Å². The topological polar surface area (TPSA) is 64.0 Å². The predicted molar refractivity (Wildman–Crippen MR) is 68.2 cm³/mol. The van der Waals surface area contributed by atoms with Crippen molar-refractivity contribution in [3.63, 3.8) is 0 Å². The van der Waals surface area contributed by atoms with Crippen LogP contribution in [0.15, 0.2) is 46.3 Å². The van der Waals surface area contributed by atoms with Crippen LogP contribution in [-0.2, 0) is 17.1 Å². The van der Waals surface area contributed by atoms with Gasteiger partial charge in [0.15, 0.2) is 5.03 Å². The zero-order chi connectivity index (χ0) is 12.5. The summed E-state index contributed by atoms with van der Waals surface area (Å²) in [5, 5.41) is 0.00270. The Kier molecular flexibility index (Phi) is 3.21. The number of hydrogen-bond donors (Lipinski definition) is 1. The molecule has 0 saturated heterocycles. The van der Waals surface area contributed by atoms with Gasteiger partial charge in [-0.3, -0.25) is 4.72 Å². The summed E-state index contributed by atoms with van der Waals surface area (Å²) in [6.45, 7) is 0. The maximum Gasteiger partial charge on any atom is 0.280 e. The maximum absolute atomic E-state index is 11.9. The molecule has 0 aliphatic heterocycles. The van der Waals surface area contributed by atoms with Gasteiger partial charge in [-0.15, -0.1) is 0 Å². The van der Waals surface area contributed by atoms with E-state index in [0.717, 1.165) is 4.47 Å². The van der Waals surface area contributed by atoms with Gasteiger partial charge in [0.25, 0.3) is 10.0 Å². The second kappa shape index (κ2) is 4.50. The molecule has 2 aromatic rings. The third-order valence-corrected chi connectivity index (χ3v) is 3.85. The third-order valence-electron chi connectivity index (χ3n) is 2.05. The Bertz CT molecular complexity index is 619. The van der Waals surface area contributed by atoms with E-state index in [1.165, 1.54) is 12.5 Å². The average Bonchev–Trinajstić information content (AvgIpc) is 2.69. The van der Waals surface area contributed by atoms with Crippen LogP contribution in [0, 0.1) is 0 Å². The van der Waals surface area contributed by atoms with Gasteiger partial charge in [0, 0.05) is 23.4 Å². The van der Waals surface area contributed by atoms with E-state index in [1.807, 2.05) is 0 Å². The number of sulfonamides is 1. The normalized spacial score (nSPS) is 11.4. The molecule has 2 rings (SSSR count). The van der Waals surface area contributed by atoms with Gasteiger partial charge >= 0.3 is 0 Å². The molecular weight excluding hydrogens is 306 g/mol. The molecule has 0 radical (unpaired) electrons. The summed E-state index contributed by atoms with van der Waals surface area (Å²) in [5.41, 5.74) is 0.499. The summed E-state index contributed by atoms with van der Waals surface area (Å²) in [5.74, 6) is 0. The average molecular weight is 316 g/mol. The first kappa shape index (κ1) is 12.1. The van der Waals surface area contributed by atoms with Gasteiger partial charge in [-0.05, 0) is 24.3 Å². The van der Waals surface area contributed by atoms with Crippen LogP contribution in [0.25, 0.3) is 0 Å². The van der Waals surface area contributed by atoms with E-state index in [4.69, 9.17) is 0 Å². The SMILES string of the molecule is Cn1cnc(S(=O)(=O)Nc2ccc(Br)cc2)c1. The molecule has 0 atom stereocenters. The zero-order valence-corrected chi connectivity index (χ0v) is 11.4. The second-order valence-corrected chi connectivity index (χ2v) is 6.03. The van der Waals surface area contributed by atoms with Crippen molar-refractivity contribution < 1.29 is 8.42 Å². The molecule has 1 heterocycles. The monoisotopic (exact) mass is 315 g/mol. The highest BCUT2D eigenvalue weighted by Gasteiger charge is 2.16. The van der Waals surface area contributed by atoms with E-state index in [2.05, 4.69) is 25.6 Å². The van der Waals surface area contributed by atoms with E-state index in [1.54, 1.807) is 35.9 Å². The Hall–Kier alpha value is -1.34. The van der Waals surface area contributed by atoms with Gasteiger partial charge in [-0.25, -0.2) is 4.98 Å². The molecule has 17 heavy (non-hydrogen) atoms. The highest BCUT2D eigenvalue weighted by Crippen LogP contribution is 2.17. The highest BCUT2D eigenvalue weighted by atomic mass is 79.9. The van der Waals surface area contributed by atoms with Crippen LogP contribution in [0.5, 0.6) is 0 Å². The first-order chi connectivity index (χ1) is 7.97. The molecule has 1 aromatic heterocycles. The van der Waals surface area contributed by atoms with Crippen LogP contribution in [-0.4, -0.2) is 18.0 Å². The summed E-state index contributed by atoms with van der Waals surface area (Å²) < 4.78 is 28.7. The van der Waals surface area contributed by atoms with Crippen molar-refractivity contribution in [2.45, 2.75) is 5.03 Å². The number of halogens is 1. The van der Waals surface area contributed by atoms with Crippen molar-refractivity contribution in [3.05, 3.63) is 41.3 Å². The fraction of sp³-hybridized carbons (Fsp3) is 0.100. The van der Waals surface area contributed by atoms with Gasteiger partial charge in [-0.2, -0.15) is 8.42 Å². The summed E-state index contributed by atoms with van der Waals surface area (Å²) in [6.07, 6.45) is 2.89. The first-order valence-electron chi connectivity index (χ1n) is 4.74. The lowest BCUT2D eigenvalue weighted by Crippen LogP contribution is -2.13. The van der Waals surface area contributed by atoms with Crippen molar-refractivity contribution in [2.75, 3.05) is 4.72 Å². The maximum atomic E-state index is 11.9. The lowest BCUT2D eigenvalue weighted by Gasteiger charge is -2.05. The third kappa shape index (κ3) is 2.86. The minimum absolute atomic E-state index is 0.00270. The number of anilines is 1. The summed E-state index contributed by atoms with van der Waals surface area (Å²) >= 11 is 3.28. The fourth-order valence-electron chi connectivity index (χ4n) is 1.25. The number of benzene rings is 1. The molecule has 5 nitrogen and oxygen atoms in total. The molecule has 0 fully saturated rings. The molecule has 0 unspecified atom stereocenters. The summed E-state index contributed by atoms with van der Waals surface area (Å²) in [4.78, 5) is 3.80. The van der Waals surface area contributed by atoms with E-state index in [-0.39, 0.29) is 5.03 Å². The number of rotatable bonds is 3. The molecule has 0 amide bonds. The molecule has 0 saturated carbocycles. The molecule has 1 aromatic carbocycles. The van der Waals surface area contributed by atoms with Gasteiger partial charge in [0.2, 0.25) is 0 Å². The van der Waals surface area contributed by atoms with Gasteiger partial charge in [0.05, 0.1) is 6.33 Å². The Morgan fingerprint density at radius 3 is 2.47 bits per heavy atom. The Labute approximate surface area is 108 Å². The quantitative estimate of drug-likeness (QED) is 0.942. The Balaban J connectivity index is 2.26. The number of aromatic nitrogens is 2. The Morgan fingerprint density at radius 1 is 1.29 bits per heavy atom. The summed E-state index contributed by atoms with van der Waals surface area (Å²) in [7, 11) is -1.89. The number of nitrogens with one attached hydrogen (secondary N) is 1. The van der Waals surface area contributed by atoms with Crippen molar-refractivity contribution in [1.29, 1.82) is 0 Å². The molecule has 90 valence electrons. The van der Waals surface area contributed by atoms with E-state index in [0.29, 0.717) is 5.69 Å². The van der Waals surface area contributed by atoms with Gasteiger partial charge in [-0.1, -0.05) is 15.9 Å². The number of hydrogen-bond acceptors (Lipinski definition) is 3. The zero-order valence-electron chi connectivity index (χ0n) is 8.96. The lowest BCUT2D eigenvalue weighted by atomic mass is 10.3. The van der Waals surface area contributed by atoms with Crippen LogP contribution in [0.1, 0.15) is 0 Å². The first-order valence-corrected chi connectivity index (χ1v) is 7.01. The van der Waals surface area contributed by atoms with Crippen LogP contribution in [0.4, 0.5) is 5.69 Å². The van der Waals surface area contributed by atoms with Gasteiger partial charge < -0.3 is 4.57 Å². The van der Waals surface area contributed by atoms with Crippen LogP contribution in [0.2, 0.25) is 0 Å². The summed E-state index contributed by atoms with van der Waals surface area (Å²) in [6, 6.07) is 6.86. The molecular formula is C10H10BrN3O2S. The predicted octanol–water partition coefficient (Wildman–Crippen LogP) is 1.98. The Morgan fingerprint density at radius 2 is 1.94 bits per heavy atom. The molecule has 7 heteroatoms. The van der Waals surface area contributed by atoms with E-state index < -0.39 is 10.0 Å². The van der Waals surface area contributed by atoms with Crippen molar-refractivity contribution in [1.82, 2.24) is 9.55 Å². The minimum Gasteiger partial charge on any atom is -0.339 e. The molecule has 0 aliphatic carbocycles. The molecule has 1 N–H and O–H groups in total. The lowest BCUT2D eigenvalue weighted by molar-refractivity contribution is 0.598. The number of nitrogens with zero attached hydrogens (tertiary/aromatic N) is 2. The van der Waals surface area contributed by atoms with E-state index >= 15 is 0 Å². The van der Waals surface area contributed by atoms with Crippen LogP contribution >= 0.6 is 15.9 Å². The smallest absolute Gasteiger partial charge is 0.280 e. The fourth-order valence-corrected chi connectivity index (χ4v) is 2.56. The van der Waals surface area contributed by atoms with Crippen molar-refractivity contribution in [3.8, 4) is 0 Å². The molecule has 0 spiro atoms. The number of aryl methyl sites for hydroxylation is 1. The van der Waals surface area contributed by atoms with Crippen LogP contribution in [0.3, 0.4) is 0 Å². The second-order valence-electron chi connectivity index (χ2n) is 3.49. The molecule has 0 aliphatic rings. The molecule has 0 bridgehead atoms. The highest BCUT2D eigenvalue weighted by molar-refractivity contribution is 9.10. The largest absolute Gasteiger partial charge is 0.339 e. The minimum atomic E-state index is -3.60. The standard InChI is InChI=1S/C10H10BrN3O2S/c1-14-6-10(12-7-14)17(15,16)13-9-4-2-8(11)3-5-9/h2-7,13H,1H3. The van der Waals surface area contributed by atoms with Crippen molar-refractivity contribution in [2.24, 2.45) is 7.05 Å². The number of imidazole rings is 1. The van der Waals surface area contributed by atoms with Gasteiger partial charge in [0.1, 0.15) is 0 Å². The van der Waals surface area contributed by atoms with E-state index in [9.17, 15) is 8.42 Å².